The van der Waals surface area contributed by atoms with Crippen molar-refractivity contribution in [2.24, 2.45) is 0 Å². The van der Waals surface area contributed by atoms with Gasteiger partial charge >= 0.3 is 18.3 Å². The molecule has 216 valence electrons. The second-order valence-electron chi connectivity index (χ2n) is 9.99. The maximum Gasteiger partial charge on any atom is 0.416 e. The average molecular weight is 572 g/mol. The van der Waals surface area contributed by atoms with Gasteiger partial charge in [-0.2, -0.15) is 13.2 Å². The van der Waals surface area contributed by atoms with E-state index in [0.717, 1.165) is 6.07 Å². The summed E-state index contributed by atoms with van der Waals surface area (Å²) in [7, 11) is 1.52. The fraction of sp³-hybridized carbons (Fsp3) is 0.296. The minimum absolute atomic E-state index is 0.0511. The van der Waals surface area contributed by atoms with Gasteiger partial charge in [-0.25, -0.2) is 24.5 Å². The Labute approximate surface area is 233 Å². The molecule has 11 nitrogen and oxygen atoms in total. The summed E-state index contributed by atoms with van der Waals surface area (Å²) in [4.78, 5) is 39.1. The van der Waals surface area contributed by atoms with Gasteiger partial charge in [0.2, 0.25) is 0 Å². The number of aromatic nitrogens is 4. The van der Waals surface area contributed by atoms with Crippen LogP contribution in [0.25, 0.3) is 16.9 Å². The van der Waals surface area contributed by atoms with Gasteiger partial charge in [0.1, 0.15) is 18.3 Å². The van der Waals surface area contributed by atoms with Gasteiger partial charge in [0, 0.05) is 30.7 Å². The molecule has 4 rings (SSSR count). The summed E-state index contributed by atoms with van der Waals surface area (Å²) in [6.45, 7) is 4.84. The Balaban J connectivity index is 1.49. The molecule has 0 aliphatic heterocycles. The van der Waals surface area contributed by atoms with Crippen molar-refractivity contribution in [2.45, 2.75) is 39.0 Å². The molecule has 3 N–H and O–H groups in total. The molecule has 2 aromatic carbocycles. The molecule has 2 aromatic heterocycles. The lowest BCUT2D eigenvalue weighted by Crippen LogP contribution is -2.34. The molecular weight excluding hydrogens is 543 g/mol. The van der Waals surface area contributed by atoms with Gasteiger partial charge in [0.15, 0.2) is 17.0 Å². The fourth-order valence-corrected chi connectivity index (χ4v) is 3.93. The van der Waals surface area contributed by atoms with Crippen LogP contribution >= 0.6 is 0 Å². The summed E-state index contributed by atoms with van der Waals surface area (Å²) in [6.07, 6.45) is -2.58. The Kier molecular flexibility index (Phi) is 8.14. The summed E-state index contributed by atoms with van der Waals surface area (Å²) < 4.78 is 47.3. The maximum atomic E-state index is 13.4. The summed E-state index contributed by atoms with van der Waals surface area (Å²) in [6, 6.07) is 9.21. The number of hydrogen-bond acceptors (Lipinski definition) is 7. The number of carbonyl (C=O) groups excluding carboxylic acids is 2. The predicted molar refractivity (Wildman–Crippen MR) is 146 cm³/mol. The van der Waals surface area contributed by atoms with E-state index in [2.05, 4.69) is 25.6 Å². The lowest BCUT2D eigenvalue weighted by Gasteiger charge is -2.24. The van der Waals surface area contributed by atoms with Crippen LogP contribution in [0, 0.1) is 0 Å². The number of alkyl halides is 3. The number of urea groups is 1. The Bertz CT molecular complexity index is 1560. The zero-order valence-corrected chi connectivity index (χ0v) is 22.7. The number of nitrogens with one attached hydrogen (secondary N) is 2. The summed E-state index contributed by atoms with van der Waals surface area (Å²) in [5.41, 5.74) is 0.0684. The van der Waals surface area contributed by atoms with Crippen molar-refractivity contribution in [3.63, 3.8) is 0 Å². The van der Waals surface area contributed by atoms with Gasteiger partial charge in [-0.1, -0.05) is 6.07 Å². The maximum absolute atomic E-state index is 13.4. The number of halogens is 3. The molecule has 2 heterocycles. The van der Waals surface area contributed by atoms with E-state index in [0.29, 0.717) is 22.5 Å². The number of aliphatic hydroxyl groups is 1. The first-order chi connectivity index (χ1) is 19.3. The van der Waals surface area contributed by atoms with Gasteiger partial charge in [-0.15, -0.1) is 0 Å². The van der Waals surface area contributed by atoms with E-state index in [1.165, 1.54) is 36.7 Å². The number of rotatable bonds is 6. The summed E-state index contributed by atoms with van der Waals surface area (Å²) in [5.74, 6) is 0.260. The first kappa shape index (κ1) is 29.3. The summed E-state index contributed by atoms with van der Waals surface area (Å²) in [5, 5.41) is 14.0. The number of aliphatic hydroxyl groups excluding tert-OH is 1. The van der Waals surface area contributed by atoms with Crippen LogP contribution in [-0.4, -0.2) is 56.0 Å². The highest BCUT2D eigenvalue weighted by Crippen LogP contribution is 2.34. The van der Waals surface area contributed by atoms with E-state index in [1.54, 1.807) is 49.6 Å². The number of benzene rings is 2. The predicted octanol–water partition coefficient (Wildman–Crippen LogP) is 5.38. The van der Waals surface area contributed by atoms with E-state index in [4.69, 9.17) is 9.84 Å². The summed E-state index contributed by atoms with van der Waals surface area (Å²) >= 11 is 0. The second kappa shape index (κ2) is 11.4. The molecule has 0 unspecified atom stereocenters. The Morgan fingerprint density at radius 1 is 1.00 bits per heavy atom. The molecule has 0 fully saturated rings. The van der Waals surface area contributed by atoms with Gasteiger partial charge in [-0.3, -0.25) is 9.47 Å². The lowest BCUT2D eigenvalue weighted by molar-refractivity contribution is -0.138. The monoisotopic (exact) mass is 571 g/mol. The minimum Gasteiger partial charge on any atom is -0.443 e. The second-order valence-corrected chi connectivity index (χ2v) is 9.99. The number of fused-ring (bicyclic) bond motifs is 1. The van der Waals surface area contributed by atoms with Crippen LogP contribution < -0.4 is 15.5 Å². The molecule has 4 aromatic rings. The average Bonchev–Trinajstić information content (AvgIpc) is 3.32. The van der Waals surface area contributed by atoms with Crippen LogP contribution in [0.3, 0.4) is 0 Å². The number of amides is 3. The number of carbonyl (C=O) groups is 2. The Hall–Kier alpha value is -4.72. The van der Waals surface area contributed by atoms with Crippen LogP contribution in [0.5, 0.6) is 0 Å². The molecule has 0 bridgehead atoms. The molecule has 0 aliphatic carbocycles. The molecule has 41 heavy (non-hydrogen) atoms. The third-order valence-corrected chi connectivity index (χ3v) is 5.76. The van der Waals surface area contributed by atoms with Crippen molar-refractivity contribution >= 4 is 40.5 Å². The lowest BCUT2D eigenvalue weighted by atomic mass is 10.0. The SMILES string of the molecule is CN(C(=O)OC(C)(C)C)c1ncnc2c1ncn2-c1ccc(NC(=O)Nc2ccc(CCO)c(C(F)(F)F)c2)cc1. The third kappa shape index (κ3) is 6.90. The number of hydrogen-bond donors (Lipinski definition) is 3. The van der Waals surface area contributed by atoms with E-state index >= 15 is 0 Å². The quantitative estimate of drug-likeness (QED) is 0.283. The molecule has 3 amide bonds. The highest BCUT2D eigenvalue weighted by molar-refractivity contribution is 6.00. The highest BCUT2D eigenvalue weighted by Gasteiger charge is 2.33. The molecule has 0 saturated heterocycles. The largest absolute Gasteiger partial charge is 0.443 e. The van der Waals surface area contributed by atoms with Gasteiger partial charge in [-0.05, 0) is 69.2 Å². The van der Waals surface area contributed by atoms with E-state index < -0.39 is 36.1 Å². The Morgan fingerprint density at radius 3 is 2.29 bits per heavy atom. The number of nitrogens with zero attached hydrogens (tertiary/aromatic N) is 5. The van der Waals surface area contributed by atoms with Crippen LogP contribution in [0.15, 0.2) is 55.1 Å². The molecule has 14 heteroatoms. The number of ether oxygens (including phenoxy) is 1. The van der Waals surface area contributed by atoms with Crippen LogP contribution in [-0.2, 0) is 17.3 Å². The van der Waals surface area contributed by atoms with Gasteiger partial charge < -0.3 is 20.5 Å². The molecular formula is C27H28F3N7O4. The van der Waals surface area contributed by atoms with Crippen LogP contribution in [0.2, 0.25) is 0 Å². The normalized spacial score (nSPS) is 11.8. The van der Waals surface area contributed by atoms with E-state index in [1.807, 2.05) is 0 Å². The van der Waals surface area contributed by atoms with Gasteiger partial charge in [0.25, 0.3) is 0 Å². The van der Waals surface area contributed by atoms with Crippen LogP contribution in [0.4, 0.5) is 40.0 Å². The highest BCUT2D eigenvalue weighted by atomic mass is 19.4. The Morgan fingerprint density at radius 2 is 1.66 bits per heavy atom. The van der Waals surface area contributed by atoms with Crippen molar-refractivity contribution in [1.29, 1.82) is 0 Å². The molecule has 0 aliphatic rings. The third-order valence-electron chi connectivity index (χ3n) is 5.76. The molecule has 0 saturated carbocycles. The smallest absolute Gasteiger partial charge is 0.416 e. The van der Waals surface area contributed by atoms with Crippen molar-refractivity contribution < 1.29 is 32.6 Å². The zero-order chi connectivity index (χ0) is 29.9. The first-order valence-electron chi connectivity index (χ1n) is 12.4. The van der Waals surface area contributed by atoms with Crippen molar-refractivity contribution in [2.75, 3.05) is 29.2 Å². The fourth-order valence-electron chi connectivity index (χ4n) is 3.93. The standard InChI is InChI=1S/C27H28F3N7O4/c1-26(2,3)41-25(40)36(4)22-21-23(32-14-31-22)37(15-33-21)19-9-7-17(8-10-19)34-24(39)35-18-6-5-16(11-12-38)20(13-18)27(28,29)30/h5-10,13-15,38H,11-12H2,1-4H3,(H2,34,35,39). The minimum atomic E-state index is -4.64. The number of anilines is 3. The first-order valence-corrected chi connectivity index (χ1v) is 12.4. The topological polar surface area (TPSA) is 134 Å². The molecule has 0 radical (unpaired) electrons. The number of imidazole rings is 1. The zero-order valence-electron chi connectivity index (χ0n) is 22.7. The van der Waals surface area contributed by atoms with Crippen molar-refractivity contribution in [3.05, 3.63) is 66.2 Å². The van der Waals surface area contributed by atoms with Crippen molar-refractivity contribution in [1.82, 2.24) is 19.5 Å². The van der Waals surface area contributed by atoms with Gasteiger partial charge in [0.05, 0.1) is 5.56 Å². The van der Waals surface area contributed by atoms with E-state index in [-0.39, 0.29) is 23.5 Å². The van der Waals surface area contributed by atoms with Crippen LogP contribution in [0.1, 0.15) is 31.9 Å². The van der Waals surface area contributed by atoms with E-state index in [9.17, 15) is 22.8 Å². The molecule has 0 spiro atoms. The molecule has 0 atom stereocenters. The van der Waals surface area contributed by atoms with Crippen molar-refractivity contribution in [3.8, 4) is 5.69 Å².